The van der Waals surface area contributed by atoms with Crippen LogP contribution >= 0.6 is 0 Å². The second kappa shape index (κ2) is 14.8. The fraction of sp³-hybridized carbons (Fsp3) is 0.257. The molecule has 6 rings (SSSR count). The lowest BCUT2D eigenvalue weighted by atomic mass is 9.94. The van der Waals surface area contributed by atoms with Gasteiger partial charge < -0.3 is 14.5 Å². The van der Waals surface area contributed by atoms with Gasteiger partial charge in [-0.2, -0.15) is 4.98 Å². The summed E-state index contributed by atoms with van der Waals surface area (Å²) in [5.41, 5.74) is 7.78. The molecular weight excluding hydrogens is 532 g/mol. The maximum atomic E-state index is 4.97. The molecule has 0 radical (unpaired) electrons. The predicted octanol–water partition coefficient (Wildman–Crippen LogP) is 6.74. The Morgan fingerprint density at radius 2 is 1.56 bits per heavy atom. The number of nitrogens with one attached hydrogen (secondary N) is 2. The van der Waals surface area contributed by atoms with Crippen LogP contribution in [-0.2, 0) is 0 Å². The van der Waals surface area contributed by atoms with Crippen LogP contribution in [0.1, 0.15) is 47.5 Å². The van der Waals surface area contributed by atoms with E-state index in [0.717, 1.165) is 58.2 Å². The lowest BCUT2D eigenvalue weighted by Gasteiger charge is -2.27. The number of H-pyrrole nitrogens is 2. The van der Waals surface area contributed by atoms with E-state index in [1.807, 2.05) is 114 Å². The van der Waals surface area contributed by atoms with Crippen LogP contribution < -0.4 is 15.9 Å². The van der Waals surface area contributed by atoms with Crippen molar-refractivity contribution in [2.75, 3.05) is 19.0 Å². The van der Waals surface area contributed by atoms with E-state index >= 15 is 0 Å². The molecule has 0 bridgehead atoms. The molecule has 8 heteroatoms. The first-order valence-electron chi connectivity index (χ1n) is 14.8. The van der Waals surface area contributed by atoms with Gasteiger partial charge in [0.05, 0.1) is 11.4 Å². The molecule has 43 heavy (non-hydrogen) atoms. The highest BCUT2D eigenvalue weighted by atomic mass is 15.4. The summed E-state index contributed by atoms with van der Waals surface area (Å²) in [6.07, 6.45) is 22.3. The van der Waals surface area contributed by atoms with Gasteiger partial charge in [-0.25, -0.2) is 9.88 Å². The van der Waals surface area contributed by atoms with E-state index < -0.39 is 0 Å². The first kappa shape index (κ1) is 31.0. The molecule has 0 saturated heterocycles. The molecule has 2 N–H and O–H groups in total. The number of rotatable bonds is 2. The van der Waals surface area contributed by atoms with Gasteiger partial charge in [0.15, 0.2) is 5.48 Å². The van der Waals surface area contributed by atoms with E-state index in [4.69, 9.17) is 9.97 Å². The van der Waals surface area contributed by atoms with E-state index in [1.54, 1.807) is 0 Å². The highest BCUT2D eigenvalue weighted by Gasteiger charge is 2.24. The maximum Gasteiger partial charge on any atom is 0.218 e. The Balaban J connectivity index is 0.000000475. The maximum absolute atomic E-state index is 4.97. The number of aromatic amines is 2. The number of allylic oxidation sites excluding steroid dienone is 10. The molecule has 0 amide bonds. The van der Waals surface area contributed by atoms with Crippen LogP contribution in [0.4, 0.5) is 17.6 Å². The quantitative estimate of drug-likeness (QED) is 0.260. The van der Waals surface area contributed by atoms with Gasteiger partial charge in [-0.15, -0.1) is 0 Å². The molecule has 5 aliphatic rings. The molecule has 1 aromatic rings. The van der Waals surface area contributed by atoms with E-state index in [2.05, 4.69) is 55.7 Å². The number of aromatic nitrogens is 5. The zero-order valence-corrected chi connectivity index (χ0v) is 26.3. The van der Waals surface area contributed by atoms with Crippen LogP contribution in [0.2, 0.25) is 0 Å². The van der Waals surface area contributed by atoms with Gasteiger partial charge in [0.2, 0.25) is 5.95 Å². The number of hydrogen-bond donors (Lipinski definition) is 2. The Morgan fingerprint density at radius 3 is 2.23 bits per heavy atom. The summed E-state index contributed by atoms with van der Waals surface area (Å²) in [6, 6.07) is 10.1. The third kappa shape index (κ3) is 6.92. The highest BCUT2D eigenvalue weighted by Crippen LogP contribution is 2.31. The summed E-state index contributed by atoms with van der Waals surface area (Å²) in [6.45, 7) is 10.1. The Labute approximate surface area is 254 Å². The monoisotopic (exact) mass is 574 g/mol. The molecule has 0 aromatic carbocycles. The highest BCUT2D eigenvalue weighted by molar-refractivity contribution is 6.30. The van der Waals surface area contributed by atoms with E-state index in [-0.39, 0.29) is 0 Å². The van der Waals surface area contributed by atoms with E-state index in [0.29, 0.717) is 11.4 Å². The van der Waals surface area contributed by atoms with Crippen molar-refractivity contribution in [3.8, 4) is 0 Å². The van der Waals surface area contributed by atoms with Crippen LogP contribution in [0.15, 0.2) is 107 Å². The Morgan fingerprint density at radius 1 is 0.837 bits per heavy atom. The van der Waals surface area contributed by atoms with E-state index in [1.165, 1.54) is 5.57 Å². The lowest BCUT2D eigenvalue weighted by Crippen LogP contribution is -2.35. The number of aliphatic imine (C=N–C) groups is 2. The van der Waals surface area contributed by atoms with E-state index in [9.17, 15) is 0 Å². The molecule has 1 aromatic heterocycles. The van der Waals surface area contributed by atoms with Gasteiger partial charge in [0, 0.05) is 43.3 Å². The molecule has 0 saturated carbocycles. The van der Waals surface area contributed by atoms with Crippen LogP contribution in [0, 0.1) is 0 Å². The van der Waals surface area contributed by atoms with Crippen molar-refractivity contribution in [3.05, 3.63) is 108 Å². The average Bonchev–Trinajstić information content (AvgIpc) is 3.60. The number of anilines is 3. The molecule has 3 aliphatic heterocycles. The van der Waals surface area contributed by atoms with Gasteiger partial charge in [-0.1, -0.05) is 49.8 Å². The summed E-state index contributed by atoms with van der Waals surface area (Å²) in [5.74, 6) is 2.42. The molecule has 4 heterocycles. The van der Waals surface area contributed by atoms with Crippen molar-refractivity contribution in [1.29, 1.82) is 0 Å². The third-order valence-electron chi connectivity index (χ3n) is 6.97. The Kier molecular flexibility index (Phi) is 10.6. The van der Waals surface area contributed by atoms with Crippen molar-refractivity contribution in [3.63, 3.8) is 0 Å². The first-order valence-corrected chi connectivity index (χ1v) is 14.8. The van der Waals surface area contributed by atoms with Gasteiger partial charge in [0.25, 0.3) is 0 Å². The molecular formula is C35H42N8. The second-order valence-corrected chi connectivity index (χ2v) is 9.75. The number of nitrogens with zero attached hydrogens (tertiary/aromatic N) is 6. The van der Waals surface area contributed by atoms with Crippen molar-refractivity contribution < 1.29 is 0 Å². The zero-order valence-electron chi connectivity index (χ0n) is 26.3. The van der Waals surface area contributed by atoms with Gasteiger partial charge in [-0.05, 0) is 82.2 Å². The molecule has 222 valence electrons. The van der Waals surface area contributed by atoms with Crippen molar-refractivity contribution in [1.82, 2.24) is 24.5 Å². The lowest BCUT2D eigenvalue weighted by molar-refractivity contribution is 0.882. The average molecular weight is 575 g/mol. The van der Waals surface area contributed by atoms with Gasteiger partial charge in [0.1, 0.15) is 17.1 Å². The van der Waals surface area contributed by atoms with Crippen molar-refractivity contribution in [2.45, 2.75) is 47.5 Å². The SMILES string of the molecule is C/C=C\C=C/C.CC.CN=C1C=C(n2cccc2)C=C/C1=c1\[nH]c2cccc3n/c(=C4/CCC(C)=CC4=NC)nc([nH]1)N32. The molecule has 8 nitrogen and oxygen atoms in total. The van der Waals surface area contributed by atoms with Gasteiger partial charge in [-0.3, -0.25) is 9.98 Å². The van der Waals surface area contributed by atoms with Crippen LogP contribution in [0.25, 0.3) is 16.8 Å². The molecule has 0 atom stereocenters. The standard InChI is InChI=1S/C27H26N8.C6H10.C2H6/c1-17-9-11-19(21(15-17)28-2)25-30-23-7-6-8-24-31-26(33-27(32-25)35(23)24)20-12-10-18(16-22(20)29-3)34-13-4-5-14-34;1-3-5-6-4-2;1-2/h4-8,10,12-16,31H,9,11H2,1-3H3,(H,32,33);3-6H,1-2H3;1-2H3/b25-19+,26-20-,28-21?,29-22?;5-3-,6-4-;. The topological polar surface area (TPSA) is 90.2 Å². The summed E-state index contributed by atoms with van der Waals surface area (Å²) in [5, 5.41) is 0. The fourth-order valence-electron chi connectivity index (χ4n) is 4.89. The predicted molar refractivity (Wildman–Crippen MR) is 182 cm³/mol. The smallest absolute Gasteiger partial charge is 0.218 e. The molecule has 0 spiro atoms. The largest absolute Gasteiger partial charge is 0.327 e. The normalized spacial score (nSPS) is 19.9. The third-order valence-corrected chi connectivity index (χ3v) is 6.97. The minimum Gasteiger partial charge on any atom is -0.327 e. The van der Waals surface area contributed by atoms with Crippen LogP contribution in [-0.4, -0.2) is 50.0 Å². The second-order valence-electron chi connectivity index (χ2n) is 9.75. The van der Waals surface area contributed by atoms with Crippen molar-refractivity contribution >= 4 is 45.9 Å². The summed E-state index contributed by atoms with van der Waals surface area (Å²) >= 11 is 0. The number of hydrogen-bond acceptors (Lipinski definition) is 5. The van der Waals surface area contributed by atoms with Crippen LogP contribution in [0.5, 0.6) is 0 Å². The summed E-state index contributed by atoms with van der Waals surface area (Å²) in [4.78, 5) is 27.9. The van der Waals surface area contributed by atoms with Crippen molar-refractivity contribution in [2.24, 2.45) is 9.98 Å². The minimum absolute atomic E-state index is 0.707. The van der Waals surface area contributed by atoms with Crippen LogP contribution in [0.3, 0.4) is 0 Å². The van der Waals surface area contributed by atoms with Gasteiger partial charge >= 0.3 is 0 Å². The Hall–Kier alpha value is -4.98. The molecule has 0 fully saturated rings. The fourth-order valence-corrected chi connectivity index (χ4v) is 4.89. The Bertz CT molecular complexity index is 1770. The first-order chi connectivity index (χ1) is 21.1. The molecule has 2 aliphatic carbocycles. The molecule has 0 unspecified atom stereocenters. The summed E-state index contributed by atoms with van der Waals surface area (Å²) < 4.78 is 2.07. The zero-order chi connectivity index (χ0) is 30.8. The minimum atomic E-state index is 0.707. The summed E-state index contributed by atoms with van der Waals surface area (Å²) in [7, 11) is 3.63.